The summed E-state index contributed by atoms with van der Waals surface area (Å²) in [5.74, 6) is 0.594. The van der Waals surface area contributed by atoms with Gasteiger partial charge in [0.25, 0.3) is 0 Å². The van der Waals surface area contributed by atoms with Crippen LogP contribution in [0.5, 0.6) is 5.75 Å². The number of ether oxygens (including phenoxy) is 1. The lowest BCUT2D eigenvalue weighted by atomic mass is 10.2. The van der Waals surface area contributed by atoms with Gasteiger partial charge in [0.1, 0.15) is 5.75 Å². The van der Waals surface area contributed by atoms with Crippen molar-refractivity contribution in [3.05, 3.63) is 23.8 Å². The van der Waals surface area contributed by atoms with Gasteiger partial charge >= 0.3 is 6.09 Å². The fourth-order valence-electron chi connectivity index (χ4n) is 1.06. The van der Waals surface area contributed by atoms with Crippen molar-refractivity contribution in [3.8, 4) is 5.75 Å². The maximum Gasteiger partial charge on any atom is 0.411 e. The van der Waals surface area contributed by atoms with E-state index in [1.807, 2.05) is 0 Å². The molecule has 1 aromatic rings. The van der Waals surface area contributed by atoms with Crippen molar-refractivity contribution in [3.63, 3.8) is 0 Å². The van der Waals surface area contributed by atoms with Gasteiger partial charge in [0.2, 0.25) is 0 Å². The summed E-state index contributed by atoms with van der Waals surface area (Å²) in [6.45, 7) is 2.06. The van der Waals surface area contributed by atoms with Crippen LogP contribution in [0.2, 0.25) is 0 Å². The van der Waals surface area contributed by atoms with Crippen molar-refractivity contribution in [1.29, 1.82) is 0 Å². The first-order valence-electron chi connectivity index (χ1n) is 4.93. The Morgan fingerprint density at radius 2 is 2.31 bits per heavy atom. The van der Waals surface area contributed by atoms with E-state index in [0.717, 1.165) is 5.56 Å². The van der Waals surface area contributed by atoms with Crippen molar-refractivity contribution in [2.75, 3.05) is 17.8 Å². The van der Waals surface area contributed by atoms with E-state index in [9.17, 15) is 9.90 Å². The predicted molar refractivity (Wildman–Crippen MR) is 63.2 cm³/mol. The molecule has 2 N–H and O–H groups in total. The highest BCUT2D eigenvalue weighted by Gasteiger charge is 2.04. The molecule has 1 amide bonds. The highest BCUT2D eigenvalue weighted by Crippen LogP contribution is 2.20. The lowest BCUT2D eigenvalue weighted by molar-refractivity contribution is 0.162. The van der Waals surface area contributed by atoms with Crippen molar-refractivity contribution in [2.45, 2.75) is 13.3 Å². The molecular weight excluding hydrogens is 230 g/mol. The second kappa shape index (κ2) is 6.23. The number of carbonyl (C=O) groups excluding carboxylic acids is 1. The molecular formula is C11H14ClNO3. The van der Waals surface area contributed by atoms with Crippen LogP contribution in [0.4, 0.5) is 10.5 Å². The maximum atomic E-state index is 11.2. The van der Waals surface area contributed by atoms with Crippen LogP contribution in [-0.4, -0.2) is 23.7 Å². The summed E-state index contributed by atoms with van der Waals surface area (Å²) in [6, 6.07) is 4.87. The normalized spacial score (nSPS) is 9.88. The number of aromatic hydroxyl groups is 1. The summed E-state index contributed by atoms with van der Waals surface area (Å²) in [7, 11) is 0. The van der Waals surface area contributed by atoms with Gasteiger partial charge in [-0.25, -0.2) is 4.79 Å². The zero-order valence-electron chi connectivity index (χ0n) is 9.00. The smallest absolute Gasteiger partial charge is 0.411 e. The number of carbonyl (C=O) groups is 1. The first kappa shape index (κ1) is 12.6. The average Bonchev–Trinajstić information content (AvgIpc) is 2.24. The van der Waals surface area contributed by atoms with Crippen LogP contribution in [0.3, 0.4) is 0 Å². The third-order valence-corrected chi connectivity index (χ3v) is 2.23. The third-order valence-electron chi connectivity index (χ3n) is 1.97. The molecule has 0 unspecified atom stereocenters. The van der Waals surface area contributed by atoms with Gasteiger partial charge < -0.3 is 9.84 Å². The minimum absolute atomic E-state index is 0.138. The summed E-state index contributed by atoms with van der Waals surface area (Å²) in [5.41, 5.74) is 1.25. The minimum atomic E-state index is -0.548. The number of hydrogen-bond donors (Lipinski definition) is 2. The van der Waals surface area contributed by atoms with Crippen LogP contribution in [-0.2, 0) is 4.74 Å². The van der Waals surface area contributed by atoms with E-state index >= 15 is 0 Å². The average molecular weight is 244 g/mol. The molecule has 0 fully saturated rings. The molecule has 5 heteroatoms. The van der Waals surface area contributed by atoms with Gasteiger partial charge in [-0.1, -0.05) is 6.07 Å². The number of phenolic OH excluding ortho intramolecular Hbond substituents is 1. The molecule has 0 bridgehead atoms. The van der Waals surface area contributed by atoms with Crippen LogP contribution in [0, 0.1) is 6.92 Å². The molecule has 0 aliphatic heterocycles. The van der Waals surface area contributed by atoms with Gasteiger partial charge in [-0.3, -0.25) is 5.32 Å². The molecule has 0 aromatic heterocycles. The molecule has 0 spiro atoms. The van der Waals surface area contributed by atoms with E-state index in [1.165, 1.54) is 6.07 Å². The van der Waals surface area contributed by atoms with Gasteiger partial charge in [-0.15, -0.1) is 11.6 Å². The van der Waals surface area contributed by atoms with Gasteiger partial charge in [-0.2, -0.15) is 0 Å². The van der Waals surface area contributed by atoms with Gasteiger partial charge in [0.15, 0.2) is 0 Å². The molecule has 16 heavy (non-hydrogen) atoms. The van der Waals surface area contributed by atoms with Gasteiger partial charge in [0.05, 0.1) is 6.61 Å². The number of hydrogen-bond acceptors (Lipinski definition) is 3. The van der Waals surface area contributed by atoms with E-state index in [0.29, 0.717) is 18.0 Å². The number of nitrogens with one attached hydrogen (secondary N) is 1. The molecule has 0 atom stereocenters. The fraction of sp³-hybridized carbons (Fsp3) is 0.364. The summed E-state index contributed by atoms with van der Waals surface area (Å²) in [5, 5.41) is 11.9. The Morgan fingerprint density at radius 3 is 2.94 bits per heavy atom. The number of alkyl halides is 1. The van der Waals surface area contributed by atoms with Crippen LogP contribution >= 0.6 is 11.6 Å². The molecule has 0 radical (unpaired) electrons. The number of benzene rings is 1. The Kier molecular flexibility index (Phi) is 4.92. The van der Waals surface area contributed by atoms with Crippen molar-refractivity contribution in [2.24, 2.45) is 0 Å². The zero-order chi connectivity index (χ0) is 12.0. The van der Waals surface area contributed by atoms with Crippen molar-refractivity contribution < 1.29 is 14.6 Å². The fourth-order valence-corrected chi connectivity index (χ4v) is 1.17. The highest BCUT2D eigenvalue weighted by atomic mass is 35.5. The molecule has 0 saturated heterocycles. The number of phenols is 1. The van der Waals surface area contributed by atoms with E-state index in [4.69, 9.17) is 16.3 Å². The van der Waals surface area contributed by atoms with Crippen molar-refractivity contribution in [1.82, 2.24) is 0 Å². The molecule has 1 aromatic carbocycles. The Hall–Kier alpha value is -1.42. The first-order valence-corrected chi connectivity index (χ1v) is 5.46. The first-order chi connectivity index (χ1) is 7.63. The van der Waals surface area contributed by atoms with E-state index in [1.54, 1.807) is 19.1 Å². The number of anilines is 1. The second-order valence-electron chi connectivity index (χ2n) is 3.30. The monoisotopic (exact) mass is 243 g/mol. The second-order valence-corrected chi connectivity index (χ2v) is 3.68. The van der Waals surface area contributed by atoms with Crippen molar-refractivity contribution >= 4 is 23.4 Å². The number of halogens is 1. The topological polar surface area (TPSA) is 58.6 Å². The van der Waals surface area contributed by atoms with Crippen LogP contribution in [0.1, 0.15) is 12.0 Å². The molecule has 1 rings (SSSR count). The quantitative estimate of drug-likeness (QED) is 0.632. The summed E-state index contributed by atoms with van der Waals surface area (Å²) < 4.78 is 4.84. The van der Waals surface area contributed by atoms with E-state index < -0.39 is 6.09 Å². The summed E-state index contributed by atoms with van der Waals surface area (Å²) in [6.07, 6.45) is 0.0714. The number of amides is 1. The van der Waals surface area contributed by atoms with E-state index in [2.05, 4.69) is 5.32 Å². The standard InChI is InChI=1S/C11H14ClNO3/c1-8-3-4-9(7-10(8)14)13-11(15)16-6-2-5-12/h3-4,7,14H,2,5-6H2,1H3,(H,13,15). The van der Waals surface area contributed by atoms with Crippen LogP contribution in [0.25, 0.3) is 0 Å². The van der Waals surface area contributed by atoms with Gasteiger partial charge in [-0.05, 0) is 25.0 Å². The molecule has 88 valence electrons. The van der Waals surface area contributed by atoms with Crippen LogP contribution < -0.4 is 5.32 Å². The summed E-state index contributed by atoms with van der Waals surface area (Å²) in [4.78, 5) is 11.2. The van der Waals surface area contributed by atoms with Gasteiger partial charge in [0, 0.05) is 17.6 Å². The van der Waals surface area contributed by atoms with E-state index in [-0.39, 0.29) is 12.4 Å². The Bertz CT molecular complexity index is 368. The summed E-state index contributed by atoms with van der Waals surface area (Å²) >= 11 is 5.44. The highest BCUT2D eigenvalue weighted by molar-refractivity contribution is 6.17. The lowest BCUT2D eigenvalue weighted by Gasteiger charge is -2.07. The molecule has 4 nitrogen and oxygen atoms in total. The van der Waals surface area contributed by atoms with Crippen LogP contribution in [0.15, 0.2) is 18.2 Å². The molecule has 0 aliphatic carbocycles. The molecule has 0 heterocycles. The Balaban J connectivity index is 2.46. The predicted octanol–water partition coefficient (Wildman–Crippen LogP) is 2.88. The lowest BCUT2D eigenvalue weighted by Crippen LogP contribution is -2.14. The zero-order valence-corrected chi connectivity index (χ0v) is 9.75. The number of rotatable bonds is 4. The Labute approximate surface area is 99.2 Å². The molecule has 0 aliphatic rings. The minimum Gasteiger partial charge on any atom is -0.508 e. The third kappa shape index (κ3) is 3.98. The molecule has 0 saturated carbocycles. The SMILES string of the molecule is Cc1ccc(NC(=O)OCCCCl)cc1O. The largest absolute Gasteiger partial charge is 0.508 e. The number of aryl methyl sites for hydroxylation is 1. The maximum absolute atomic E-state index is 11.2. The Morgan fingerprint density at radius 1 is 1.56 bits per heavy atom.